The van der Waals surface area contributed by atoms with Crippen LogP contribution in [0.5, 0.6) is 0 Å². The molecule has 2 bridgehead atoms. The van der Waals surface area contributed by atoms with Crippen molar-refractivity contribution in [3.63, 3.8) is 0 Å². The Hall–Kier alpha value is -2.86. The summed E-state index contributed by atoms with van der Waals surface area (Å²) in [7, 11) is 1.80. The van der Waals surface area contributed by atoms with E-state index in [2.05, 4.69) is 41.7 Å². The minimum Gasteiger partial charge on any atom is -0.351 e. The number of piperazine rings is 1. The number of aryl methyl sites for hydroxylation is 1. The van der Waals surface area contributed by atoms with Gasteiger partial charge in [-0.1, -0.05) is 0 Å². The predicted molar refractivity (Wildman–Crippen MR) is 125 cm³/mol. The molecule has 12 heteroatoms. The van der Waals surface area contributed by atoms with Crippen molar-refractivity contribution in [1.82, 2.24) is 29.7 Å². The Morgan fingerprint density at radius 3 is 2.67 bits per heavy atom. The molecule has 2 N–H and O–H groups in total. The number of fused-ring (bicyclic) bond motifs is 4. The molecular weight excluding hydrogens is 495 g/mol. The Kier molecular flexibility index (Phi) is 6.75. The molecule has 3 fully saturated rings. The molecule has 0 aliphatic carbocycles. The summed E-state index contributed by atoms with van der Waals surface area (Å²) in [6.07, 6.45) is 6.25. The molecule has 1 amide bonds. The van der Waals surface area contributed by atoms with Crippen molar-refractivity contribution in [2.45, 2.75) is 44.9 Å². The highest BCUT2D eigenvalue weighted by atomic mass is 79.9. The topological polar surface area (TPSA) is 109 Å². The molecule has 0 spiro atoms. The second kappa shape index (κ2) is 9.56. The summed E-state index contributed by atoms with van der Waals surface area (Å²) in [5.74, 6) is 0.232. The van der Waals surface area contributed by atoms with Crippen molar-refractivity contribution in [3.05, 3.63) is 34.8 Å². The standard InChI is InChI=1S/C17H19BrN8O.C4H7FO/c1-24-9-13(15(18)23-24)21-17(27)12-7-20-26-5-4-14(22-16(12)26)25-8-10-2-3-11(25)6-19-10;1-3(5)4(2)6/h4-5,7,9-11,19H,2-3,6,8H2,1H3,(H,21,27);3H,1-2H3. The summed E-state index contributed by atoms with van der Waals surface area (Å²) in [5.41, 5.74) is 1.60. The van der Waals surface area contributed by atoms with Gasteiger partial charge in [0.15, 0.2) is 22.2 Å². The fraction of sp³-hybridized carbons (Fsp3) is 0.476. The van der Waals surface area contributed by atoms with Crippen LogP contribution in [0.2, 0.25) is 0 Å². The lowest BCUT2D eigenvalue weighted by Crippen LogP contribution is -2.61. The molecule has 3 aromatic heterocycles. The van der Waals surface area contributed by atoms with E-state index in [9.17, 15) is 14.0 Å². The van der Waals surface area contributed by atoms with Crippen LogP contribution in [-0.2, 0) is 11.8 Å². The first-order chi connectivity index (χ1) is 15.7. The Bertz CT molecular complexity index is 1170. The molecule has 0 radical (unpaired) electrons. The molecule has 3 atom stereocenters. The number of amides is 1. The number of Topliss-reactive ketones (excluding diaryl/α,β-unsaturated/α-hetero) is 1. The second-order valence-electron chi connectivity index (χ2n) is 8.29. The number of ketones is 1. The molecule has 176 valence electrons. The van der Waals surface area contributed by atoms with Crippen molar-refractivity contribution in [3.8, 4) is 0 Å². The van der Waals surface area contributed by atoms with Crippen LogP contribution in [0.15, 0.2) is 29.3 Å². The summed E-state index contributed by atoms with van der Waals surface area (Å²) in [6, 6.07) is 2.94. The van der Waals surface area contributed by atoms with Gasteiger partial charge in [0.2, 0.25) is 0 Å². The molecule has 0 aromatic carbocycles. The number of hydrogen-bond donors (Lipinski definition) is 2. The third-order valence-corrected chi connectivity index (χ3v) is 6.42. The number of nitrogens with zero attached hydrogens (tertiary/aromatic N) is 6. The molecular formula is C21H26BrFN8O2. The van der Waals surface area contributed by atoms with E-state index < -0.39 is 12.0 Å². The largest absolute Gasteiger partial charge is 0.351 e. The van der Waals surface area contributed by atoms with Gasteiger partial charge in [-0.3, -0.25) is 14.3 Å². The van der Waals surface area contributed by atoms with Gasteiger partial charge in [0.05, 0.1) is 11.9 Å². The lowest BCUT2D eigenvalue weighted by molar-refractivity contribution is -0.121. The highest BCUT2D eigenvalue weighted by molar-refractivity contribution is 9.10. The molecule has 6 rings (SSSR count). The highest BCUT2D eigenvalue weighted by Crippen LogP contribution is 2.28. The number of halogens is 2. The molecule has 3 aliphatic heterocycles. The molecule has 10 nitrogen and oxygen atoms in total. The first kappa shape index (κ1) is 23.3. The lowest BCUT2D eigenvalue weighted by Gasteiger charge is -2.46. The molecule has 33 heavy (non-hydrogen) atoms. The fourth-order valence-corrected chi connectivity index (χ4v) is 4.36. The molecule has 3 unspecified atom stereocenters. The summed E-state index contributed by atoms with van der Waals surface area (Å²) < 4.78 is 15.3. The van der Waals surface area contributed by atoms with E-state index in [4.69, 9.17) is 4.98 Å². The van der Waals surface area contributed by atoms with E-state index >= 15 is 0 Å². The maximum absolute atomic E-state index is 12.8. The zero-order valence-corrected chi connectivity index (χ0v) is 20.2. The maximum atomic E-state index is 12.8. The second-order valence-corrected chi connectivity index (χ2v) is 9.04. The number of hydrogen-bond acceptors (Lipinski definition) is 7. The predicted octanol–water partition coefficient (Wildman–Crippen LogP) is 2.35. The number of carbonyl (C=O) groups excluding carboxylic acids is 2. The van der Waals surface area contributed by atoms with Gasteiger partial charge in [-0.25, -0.2) is 13.9 Å². The van der Waals surface area contributed by atoms with Gasteiger partial charge in [-0.15, -0.1) is 0 Å². The van der Waals surface area contributed by atoms with Gasteiger partial charge in [0, 0.05) is 44.6 Å². The quantitative estimate of drug-likeness (QED) is 0.543. The van der Waals surface area contributed by atoms with E-state index in [0.717, 1.165) is 18.9 Å². The number of alkyl halides is 1. The Labute approximate surface area is 198 Å². The van der Waals surface area contributed by atoms with Crippen LogP contribution < -0.4 is 15.5 Å². The van der Waals surface area contributed by atoms with Crippen LogP contribution in [0.25, 0.3) is 5.65 Å². The third kappa shape index (κ3) is 5.06. The van der Waals surface area contributed by atoms with Gasteiger partial charge >= 0.3 is 0 Å². The van der Waals surface area contributed by atoms with Crippen LogP contribution in [0.4, 0.5) is 15.9 Å². The van der Waals surface area contributed by atoms with E-state index in [0.29, 0.717) is 33.6 Å². The first-order valence-electron chi connectivity index (χ1n) is 10.7. The Balaban J connectivity index is 0.000000385. The van der Waals surface area contributed by atoms with E-state index in [1.807, 2.05) is 12.3 Å². The van der Waals surface area contributed by atoms with Crippen molar-refractivity contribution in [1.29, 1.82) is 0 Å². The normalized spacial score (nSPS) is 20.3. The van der Waals surface area contributed by atoms with E-state index in [-0.39, 0.29) is 5.91 Å². The number of nitrogens with one attached hydrogen (secondary N) is 2. The summed E-state index contributed by atoms with van der Waals surface area (Å²) >= 11 is 3.35. The number of aromatic nitrogens is 5. The average Bonchev–Trinajstić information content (AvgIpc) is 3.36. The van der Waals surface area contributed by atoms with Gasteiger partial charge in [-0.2, -0.15) is 10.2 Å². The van der Waals surface area contributed by atoms with Crippen LogP contribution in [0.3, 0.4) is 0 Å². The number of piperidine rings is 2. The van der Waals surface area contributed by atoms with Crippen LogP contribution in [0.1, 0.15) is 37.0 Å². The zero-order chi connectivity index (χ0) is 23.7. The number of rotatable bonds is 4. The van der Waals surface area contributed by atoms with Gasteiger partial charge < -0.3 is 15.5 Å². The van der Waals surface area contributed by atoms with E-state index in [1.54, 1.807) is 28.6 Å². The van der Waals surface area contributed by atoms with Gasteiger partial charge in [0.1, 0.15) is 11.4 Å². The fourth-order valence-electron chi connectivity index (χ4n) is 3.90. The summed E-state index contributed by atoms with van der Waals surface area (Å²) in [6.45, 7) is 4.39. The van der Waals surface area contributed by atoms with Crippen LogP contribution >= 0.6 is 15.9 Å². The smallest absolute Gasteiger partial charge is 0.261 e. The summed E-state index contributed by atoms with van der Waals surface area (Å²) in [5, 5.41) is 14.9. The van der Waals surface area contributed by atoms with Crippen LogP contribution in [-0.4, -0.2) is 67.4 Å². The third-order valence-electron chi connectivity index (χ3n) is 5.83. The SMILES string of the molecule is CC(=O)C(C)F.Cn1cc(NC(=O)c2cnn3ccc(N4CC5CCC4CN5)nc23)c(Br)n1. The minimum atomic E-state index is -1.29. The average molecular weight is 521 g/mol. The van der Waals surface area contributed by atoms with Gasteiger partial charge in [-0.05, 0) is 48.7 Å². The highest BCUT2D eigenvalue weighted by Gasteiger charge is 2.34. The Morgan fingerprint density at radius 2 is 2.12 bits per heavy atom. The number of carbonyl (C=O) groups is 2. The van der Waals surface area contributed by atoms with E-state index in [1.165, 1.54) is 26.7 Å². The van der Waals surface area contributed by atoms with Crippen molar-refractivity contribution < 1.29 is 14.0 Å². The van der Waals surface area contributed by atoms with Crippen molar-refractivity contribution in [2.75, 3.05) is 23.3 Å². The molecule has 6 heterocycles. The molecule has 3 aromatic rings. The maximum Gasteiger partial charge on any atom is 0.261 e. The molecule has 0 saturated carbocycles. The summed E-state index contributed by atoms with van der Waals surface area (Å²) in [4.78, 5) is 29.7. The zero-order valence-electron chi connectivity index (χ0n) is 18.6. The van der Waals surface area contributed by atoms with Crippen molar-refractivity contribution in [2.24, 2.45) is 7.05 Å². The van der Waals surface area contributed by atoms with Crippen LogP contribution in [0, 0.1) is 0 Å². The van der Waals surface area contributed by atoms with Gasteiger partial charge in [0.25, 0.3) is 5.91 Å². The Morgan fingerprint density at radius 1 is 1.36 bits per heavy atom. The molecule has 3 aliphatic rings. The molecule has 3 saturated heterocycles. The first-order valence-corrected chi connectivity index (χ1v) is 11.5. The minimum absolute atomic E-state index is 0.259. The van der Waals surface area contributed by atoms with Crippen molar-refractivity contribution >= 4 is 44.8 Å². The number of anilines is 2. The monoisotopic (exact) mass is 520 g/mol. The lowest BCUT2D eigenvalue weighted by atomic mass is 9.93.